The number of carboxylic acid groups (broad SMARTS) is 1. The molecule has 0 bridgehead atoms. The first-order valence-electron chi connectivity index (χ1n) is 9.70. The zero-order chi connectivity index (χ0) is 19.4. The Bertz CT molecular complexity index is 664. The zero-order valence-corrected chi connectivity index (χ0v) is 16.5. The number of nitrogens with zero attached hydrogens (tertiary/aromatic N) is 3. The Morgan fingerprint density at radius 1 is 1.11 bits per heavy atom. The minimum Gasteiger partial charge on any atom is -0.483 e. The summed E-state index contributed by atoms with van der Waals surface area (Å²) in [5.74, 6) is 0.345. The van der Waals surface area contributed by atoms with Crippen LogP contribution in [0.15, 0.2) is 24.3 Å². The van der Waals surface area contributed by atoms with Gasteiger partial charge in [0.15, 0.2) is 0 Å². The minimum atomic E-state index is -0.250. The fourth-order valence-corrected chi connectivity index (χ4v) is 4.97. The maximum Gasteiger partial charge on any atom is 0.290 e. The second-order valence-corrected chi connectivity index (χ2v) is 7.88. The van der Waals surface area contributed by atoms with E-state index in [0.717, 1.165) is 49.7 Å². The Hall–Kier alpha value is -1.79. The molecule has 1 N–H and O–H groups in total. The molecule has 3 fully saturated rings. The first kappa shape index (κ1) is 20.0. The quantitative estimate of drug-likeness (QED) is 0.782. The molecule has 0 unspecified atom stereocenters. The van der Waals surface area contributed by atoms with Crippen LogP contribution in [-0.4, -0.2) is 71.6 Å². The second-order valence-electron chi connectivity index (χ2n) is 7.48. The Kier molecular flexibility index (Phi) is 6.60. The van der Waals surface area contributed by atoms with Crippen LogP contribution in [0.1, 0.15) is 32.6 Å². The number of rotatable bonds is 2. The fourth-order valence-electron chi connectivity index (χ4n) is 4.71. The van der Waals surface area contributed by atoms with E-state index < -0.39 is 0 Å². The zero-order valence-electron chi connectivity index (χ0n) is 15.8. The SMILES string of the molecule is C[C@@H]1C(=O)N2CCC[C@H]2CN1C1CCN(c2ccccc2Cl)CC1.O=CO. The molecule has 27 heavy (non-hydrogen) atoms. The summed E-state index contributed by atoms with van der Waals surface area (Å²) < 4.78 is 0. The lowest BCUT2D eigenvalue weighted by atomic mass is 9.97. The molecule has 1 aromatic carbocycles. The van der Waals surface area contributed by atoms with Crippen LogP contribution in [0.25, 0.3) is 0 Å². The number of piperazine rings is 1. The first-order chi connectivity index (χ1) is 13.1. The number of fused-ring (bicyclic) bond motifs is 1. The van der Waals surface area contributed by atoms with Crippen LogP contribution < -0.4 is 4.90 Å². The molecule has 0 spiro atoms. The van der Waals surface area contributed by atoms with Gasteiger partial charge in [-0.2, -0.15) is 0 Å². The molecular formula is C20H28ClN3O3. The van der Waals surface area contributed by atoms with Crippen molar-refractivity contribution in [3.8, 4) is 0 Å². The molecule has 148 valence electrons. The highest BCUT2D eigenvalue weighted by molar-refractivity contribution is 6.33. The van der Waals surface area contributed by atoms with E-state index in [1.807, 2.05) is 18.2 Å². The standard InChI is InChI=1S/C19H26ClN3O.CH2O2/c1-14-19(24)22-10-4-5-16(22)13-23(14)15-8-11-21(12-9-15)18-7-3-2-6-17(18)20;2-1-3/h2-3,6-7,14-16H,4-5,8-13H2,1H3;1H,(H,2,3)/t14-,16+;/m1./s1. The average molecular weight is 394 g/mol. The summed E-state index contributed by atoms with van der Waals surface area (Å²) in [6, 6.07) is 9.10. The van der Waals surface area contributed by atoms with Gasteiger partial charge >= 0.3 is 0 Å². The van der Waals surface area contributed by atoms with E-state index in [1.165, 1.54) is 12.8 Å². The van der Waals surface area contributed by atoms with E-state index in [9.17, 15) is 4.79 Å². The molecule has 3 aliphatic heterocycles. The van der Waals surface area contributed by atoms with Crippen molar-refractivity contribution in [1.29, 1.82) is 0 Å². The lowest BCUT2D eigenvalue weighted by Crippen LogP contribution is -2.62. The van der Waals surface area contributed by atoms with Crippen molar-refractivity contribution in [2.24, 2.45) is 0 Å². The highest BCUT2D eigenvalue weighted by atomic mass is 35.5. The lowest BCUT2D eigenvalue weighted by molar-refractivity contribution is -0.145. The van der Waals surface area contributed by atoms with E-state index in [-0.39, 0.29) is 12.5 Å². The van der Waals surface area contributed by atoms with E-state index in [1.54, 1.807) is 0 Å². The predicted molar refractivity (Wildman–Crippen MR) is 106 cm³/mol. The van der Waals surface area contributed by atoms with E-state index in [0.29, 0.717) is 18.0 Å². The highest BCUT2D eigenvalue weighted by Crippen LogP contribution is 2.32. The average Bonchev–Trinajstić information content (AvgIpc) is 3.15. The maximum atomic E-state index is 12.6. The number of hydrogen-bond acceptors (Lipinski definition) is 4. The third kappa shape index (κ3) is 4.22. The molecule has 1 amide bonds. The number of hydrogen-bond donors (Lipinski definition) is 1. The maximum absolute atomic E-state index is 12.6. The van der Waals surface area contributed by atoms with Crippen LogP contribution in [0.3, 0.4) is 0 Å². The van der Waals surface area contributed by atoms with Crippen molar-refractivity contribution in [3.63, 3.8) is 0 Å². The monoisotopic (exact) mass is 393 g/mol. The smallest absolute Gasteiger partial charge is 0.290 e. The minimum absolute atomic E-state index is 0.0382. The van der Waals surface area contributed by atoms with Crippen molar-refractivity contribution in [2.75, 3.05) is 31.1 Å². The van der Waals surface area contributed by atoms with Crippen LogP contribution in [0.2, 0.25) is 5.02 Å². The topological polar surface area (TPSA) is 64.1 Å². The number of piperidine rings is 1. The van der Waals surface area contributed by atoms with Gasteiger partial charge in [-0.05, 0) is 44.7 Å². The highest BCUT2D eigenvalue weighted by Gasteiger charge is 2.43. The number of anilines is 1. The molecule has 0 saturated carbocycles. The normalized spacial score (nSPS) is 26.4. The van der Waals surface area contributed by atoms with Crippen LogP contribution in [-0.2, 0) is 9.59 Å². The predicted octanol–water partition coefficient (Wildman–Crippen LogP) is 2.70. The molecule has 0 radical (unpaired) electrons. The molecule has 6 nitrogen and oxygen atoms in total. The number of carbonyl (C=O) groups excluding carboxylic acids is 1. The van der Waals surface area contributed by atoms with Gasteiger partial charge in [-0.3, -0.25) is 14.5 Å². The van der Waals surface area contributed by atoms with Gasteiger partial charge in [0, 0.05) is 38.3 Å². The molecule has 7 heteroatoms. The summed E-state index contributed by atoms with van der Waals surface area (Å²) in [5.41, 5.74) is 1.14. The van der Waals surface area contributed by atoms with Gasteiger partial charge in [0.05, 0.1) is 16.8 Å². The lowest BCUT2D eigenvalue weighted by Gasteiger charge is -2.47. The van der Waals surface area contributed by atoms with Gasteiger partial charge in [0.1, 0.15) is 0 Å². The van der Waals surface area contributed by atoms with Gasteiger partial charge in [0.25, 0.3) is 6.47 Å². The van der Waals surface area contributed by atoms with E-state index >= 15 is 0 Å². The number of halogens is 1. The summed E-state index contributed by atoms with van der Waals surface area (Å²) in [5, 5.41) is 7.72. The van der Waals surface area contributed by atoms with Crippen molar-refractivity contribution < 1.29 is 14.7 Å². The van der Waals surface area contributed by atoms with Crippen molar-refractivity contribution in [1.82, 2.24) is 9.80 Å². The van der Waals surface area contributed by atoms with Gasteiger partial charge in [0.2, 0.25) is 5.91 Å². The molecular weight excluding hydrogens is 366 g/mol. The summed E-state index contributed by atoms with van der Waals surface area (Å²) >= 11 is 6.34. The molecule has 3 heterocycles. The summed E-state index contributed by atoms with van der Waals surface area (Å²) in [6.45, 7) is 5.90. The second kappa shape index (κ2) is 8.93. The van der Waals surface area contributed by atoms with Crippen LogP contribution in [0.4, 0.5) is 5.69 Å². The van der Waals surface area contributed by atoms with Crippen LogP contribution in [0.5, 0.6) is 0 Å². The molecule has 0 aliphatic carbocycles. The third-order valence-electron chi connectivity index (χ3n) is 6.06. The molecule has 3 saturated heterocycles. The van der Waals surface area contributed by atoms with Gasteiger partial charge < -0.3 is 14.9 Å². The number of carbonyl (C=O) groups is 2. The third-order valence-corrected chi connectivity index (χ3v) is 6.38. The van der Waals surface area contributed by atoms with E-state index in [2.05, 4.69) is 27.7 Å². The Labute approximate surface area is 165 Å². The number of benzene rings is 1. The molecule has 0 aromatic heterocycles. The fraction of sp³-hybridized carbons (Fsp3) is 0.600. The van der Waals surface area contributed by atoms with Crippen molar-refractivity contribution >= 4 is 29.7 Å². The van der Waals surface area contributed by atoms with E-state index in [4.69, 9.17) is 21.5 Å². The molecule has 3 aliphatic rings. The number of para-hydroxylation sites is 1. The summed E-state index contributed by atoms with van der Waals surface area (Å²) in [4.78, 5) is 28.0. The van der Waals surface area contributed by atoms with Gasteiger partial charge in [-0.1, -0.05) is 23.7 Å². The van der Waals surface area contributed by atoms with Gasteiger partial charge in [-0.15, -0.1) is 0 Å². The number of amides is 1. The first-order valence-corrected chi connectivity index (χ1v) is 10.1. The summed E-state index contributed by atoms with van der Waals surface area (Å²) in [6.07, 6.45) is 4.56. The summed E-state index contributed by atoms with van der Waals surface area (Å²) in [7, 11) is 0. The Morgan fingerprint density at radius 3 is 2.44 bits per heavy atom. The van der Waals surface area contributed by atoms with Crippen molar-refractivity contribution in [2.45, 2.75) is 50.7 Å². The van der Waals surface area contributed by atoms with Gasteiger partial charge in [-0.25, -0.2) is 0 Å². The molecule has 2 atom stereocenters. The Balaban J connectivity index is 0.000000659. The Morgan fingerprint density at radius 2 is 1.78 bits per heavy atom. The van der Waals surface area contributed by atoms with Crippen LogP contribution >= 0.6 is 11.6 Å². The van der Waals surface area contributed by atoms with Crippen molar-refractivity contribution in [3.05, 3.63) is 29.3 Å². The molecule has 1 aromatic rings. The molecule has 4 rings (SSSR count). The van der Waals surface area contributed by atoms with Crippen LogP contribution in [0, 0.1) is 0 Å². The largest absolute Gasteiger partial charge is 0.483 e.